The molecule has 6 heteroatoms. The van der Waals surface area contributed by atoms with E-state index in [0.29, 0.717) is 27.8 Å². The fourth-order valence-corrected chi connectivity index (χ4v) is 4.14. The summed E-state index contributed by atoms with van der Waals surface area (Å²) in [5.74, 6) is 0. The number of hydrogen-bond acceptors (Lipinski definition) is 4. The van der Waals surface area contributed by atoms with Crippen molar-refractivity contribution in [2.24, 2.45) is 0 Å². The molecule has 0 aliphatic carbocycles. The Kier molecular flexibility index (Phi) is 3.52. The highest BCUT2D eigenvalue weighted by atomic mass is 79.9. The van der Waals surface area contributed by atoms with Crippen molar-refractivity contribution in [2.75, 3.05) is 0 Å². The van der Waals surface area contributed by atoms with Gasteiger partial charge in [0.15, 0.2) is 5.65 Å². The second kappa shape index (κ2) is 5.85. The number of aryl methyl sites for hydroxylation is 2. The van der Waals surface area contributed by atoms with Crippen LogP contribution in [0.4, 0.5) is 0 Å². The molecule has 0 aliphatic rings. The first-order valence-electron chi connectivity index (χ1n) is 8.73. The Morgan fingerprint density at radius 2 is 1.82 bits per heavy atom. The average Bonchev–Trinajstić information content (AvgIpc) is 2.66. The van der Waals surface area contributed by atoms with Gasteiger partial charge in [-0.3, -0.25) is 4.79 Å². The molecule has 2 aromatic carbocycles. The summed E-state index contributed by atoms with van der Waals surface area (Å²) in [4.78, 5) is 22.8. The Hall–Kier alpha value is -3.30. The molecule has 0 amide bonds. The number of nitriles is 1. The lowest BCUT2D eigenvalue weighted by Gasteiger charge is -2.11. The lowest BCUT2D eigenvalue weighted by molar-refractivity contribution is 1.10. The topological polar surface area (TPSA) is 71.0 Å². The van der Waals surface area contributed by atoms with Crippen LogP contribution in [0.1, 0.15) is 16.7 Å². The quantitative estimate of drug-likeness (QED) is 0.262. The summed E-state index contributed by atoms with van der Waals surface area (Å²) in [5.41, 5.74) is 4.52. The van der Waals surface area contributed by atoms with Gasteiger partial charge in [-0.05, 0) is 55.8 Å². The van der Waals surface area contributed by atoms with E-state index in [9.17, 15) is 10.1 Å². The molecular weight excluding hydrogens is 416 g/mol. The molecule has 0 aliphatic heterocycles. The minimum atomic E-state index is -0.236. The van der Waals surface area contributed by atoms with E-state index in [-0.39, 0.29) is 5.56 Å². The smallest absolute Gasteiger partial charge is 0.267 e. The van der Waals surface area contributed by atoms with E-state index in [0.717, 1.165) is 31.9 Å². The summed E-state index contributed by atoms with van der Waals surface area (Å²) in [6.07, 6.45) is 0. The van der Waals surface area contributed by atoms with Crippen LogP contribution in [-0.4, -0.2) is 14.4 Å². The summed E-state index contributed by atoms with van der Waals surface area (Å²) in [5, 5.41) is 11.9. The zero-order valence-corrected chi connectivity index (χ0v) is 16.7. The number of rotatable bonds is 0. The Labute approximate surface area is 168 Å². The fourth-order valence-electron chi connectivity index (χ4n) is 3.78. The minimum absolute atomic E-state index is 0.236. The lowest BCUT2D eigenvalue weighted by Crippen LogP contribution is -2.18. The highest BCUT2D eigenvalue weighted by Crippen LogP contribution is 2.26. The van der Waals surface area contributed by atoms with Gasteiger partial charge in [-0.25, -0.2) is 14.4 Å². The third-order valence-corrected chi connectivity index (χ3v) is 5.46. The Morgan fingerprint density at radius 3 is 2.61 bits per heavy atom. The van der Waals surface area contributed by atoms with Crippen LogP contribution in [0, 0.1) is 25.2 Å². The molecule has 5 aromatic rings. The molecule has 0 radical (unpaired) electrons. The molecule has 0 bridgehead atoms. The Morgan fingerprint density at radius 1 is 1.00 bits per heavy atom. The zero-order valence-electron chi connectivity index (χ0n) is 15.1. The van der Waals surface area contributed by atoms with Crippen LogP contribution in [0.15, 0.2) is 51.7 Å². The van der Waals surface area contributed by atoms with Crippen molar-refractivity contribution in [1.82, 2.24) is 14.4 Å². The van der Waals surface area contributed by atoms with E-state index in [1.165, 1.54) is 4.40 Å². The van der Waals surface area contributed by atoms with E-state index >= 15 is 0 Å². The summed E-state index contributed by atoms with van der Waals surface area (Å²) in [6, 6.07) is 15.4. The van der Waals surface area contributed by atoms with Gasteiger partial charge < -0.3 is 0 Å². The predicted octanol–water partition coefficient (Wildman–Crippen LogP) is 4.80. The van der Waals surface area contributed by atoms with E-state index in [1.54, 1.807) is 18.2 Å². The van der Waals surface area contributed by atoms with Crippen LogP contribution in [0.25, 0.3) is 38.5 Å². The van der Waals surface area contributed by atoms with Crippen molar-refractivity contribution in [3.8, 4) is 6.07 Å². The maximum absolute atomic E-state index is 13.4. The average molecular weight is 429 g/mol. The number of pyridine rings is 2. The molecule has 0 fully saturated rings. The maximum Gasteiger partial charge on any atom is 0.267 e. The van der Waals surface area contributed by atoms with Crippen LogP contribution in [0.2, 0.25) is 0 Å². The van der Waals surface area contributed by atoms with E-state index in [4.69, 9.17) is 4.98 Å². The highest BCUT2D eigenvalue weighted by molar-refractivity contribution is 9.10. The largest absolute Gasteiger partial charge is 0.268 e. The summed E-state index contributed by atoms with van der Waals surface area (Å²) >= 11 is 3.41. The van der Waals surface area contributed by atoms with Crippen molar-refractivity contribution < 1.29 is 0 Å². The van der Waals surface area contributed by atoms with Gasteiger partial charge in [0.25, 0.3) is 5.56 Å². The van der Waals surface area contributed by atoms with Gasteiger partial charge in [0.05, 0.1) is 22.0 Å². The molecule has 3 heterocycles. The van der Waals surface area contributed by atoms with Gasteiger partial charge in [0.1, 0.15) is 11.7 Å². The van der Waals surface area contributed by atoms with Crippen molar-refractivity contribution in [3.63, 3.8) is 0 Å². The molecular formula is C22H13BrN4O. The third kappa shape index (κ3) is 2.33. The fraction of sp³-hybridized carbons (Fsp3) is 0.0909. The van der Waals surface area contributed by atoms with Crippen molar-refractivity contribution in [1.29, 1.82) is 5.26 Å². The van der Waals surface area contributed by atoms with Crippen molar-refractivity contribution in [3.05, 3.63) is 74.0 Å². The first kappa shape index (κ1) is 16.8. The number of benzene rings is 2. The van der Waals surface area contributed by atoms with Crippen LogP contribution in [-0.2, 0) is 0 Å². The van der Waals surface area contributed by atoms with Gasteiger partial charge in [-0.15, -0.1) is 0 Å². The van der Waals surface area contributed by atoms with E-state index < -0.39 is 0 Å². The van der Waals surface area contributed by atoms with E-state index in [2.05, 4.69) is 39.1 Å². The lowest BCUT2D eigenvalue weighted by atomic mass is 10.0. The number of halogens is 1. The number of aromatic nitrogens is 3. The Bertz CT molecular complexity index is 1580. The molecule has 0 N–H and O–H groups in total. The molecule has 5 nitrogen and oxygen atoms in total. The maximum atomic E-state index is 13.4. The van der Waals surface area contributed by atoms with Gasteiger partial charge in [-0.2, -0.15) is 5.26 Å². The van der Waals surface area contributed by atoms with Crippen LogP contribution < -0.4 is 5.56 Å². The molecule has 0 unspecified atom stereocenters. The second-order valence-electron chi connectivity index (χ2n) is 6.96. The molecule has 0 atom stereocenters. The molecule has 0 spiro atoms. The SMILES string of the molecule is Cc1cc(C)c2nc3c(cc(C#N)c4nc5ccc(Br)cc5c(=O)n43)cc2c1. The molecule has 0 saturated carbocycles. The zero-order chi connectivity index (χ0) is 19.6. The minimum Gasteiger partial charge on any atom is -0.268 e. The first-order chi connectivity index (χ1) is 13.5. The standard InChI is InChI=1S/C22H13BrN4O/c1-11-5-12(2)19-13(6-11)7-14-8-15(10-24)21-25-18-4-3-16(23)9-17(18)22(28)27(21)20(14)26-19/h3-9H,1-2H3. The number of nitrogens with zero attached hydrogens (tertiary/aromatic N) is 4. The van der Waals surface area contributed by atoms with Crippen LogP contribution in [0.3, 0.4) is 0 Å². The number of fused-ring (bicyclic) bond motifs is 5. The first-order valence-corrected chi connectivity index (χ1v) is 9.52. The molecule has 5 rings (SSSR count). The molecule has 3 aromatic heterocycles. The van der Waals surface area contributed by atoms with E-state index in [1.807, 2.05) is 26.0 Å². The molecule has 28 heavy (non-hydrogen) atoms. The van der Waals surface area contributed by atoms with Crippen molar-refractivity contribution >= 4 is 54.4 Å². The normalized spacial score (nSPS) is 11.5. The molecule has 134 valence electrons. The Balaban J connectivity index is 2.09. The van der Waals surface area contributed by atoms with Crippen LogP contribution in [0.5, 0.6) is 0 Å². The summed E-state index contributed by atoms with van der Waals surface area (Å²) in [7, 11) is 0. The highest BCUT2D eigenvalue weighted by Gasteiger charge is 2.15. The second-order valence-corrected chi connectivity index (χ2v) is 7.88. The predicted molar refractivity (Wildman–Crippen MR) is 114 cm³/mol. The number of hydrogen-bond donors (Lipinski definition) is 0. The van der Waals surface area contributed by atoms with Gasteiger partial charge in [0.2, 0.25) is 0 Å². The summed E-state index contributed by atoms with van der Waals surface area (Å²) in [6.45, 7) is 4.05. The van der Waals surface area contributed by atoms with Gasteiger partial charge >= 0.3 is 0 Å². The van der Waals surface area contributed by atoms with Crippen LogP contribution >= 0.6 is 15.9 Å². The van der Waals surface area contributed by atoms with Crippen molar-refractivity contribution in [2.45, 2.75) is 13.8 Å². The third-order valence-electron chi connectivity index (χ3n) is 4.96. The summed E-state index contributed by atoms with van der Waals surface area (Å²) < 4.78 is 2.26. The molecule has 0 saturated heterocycles. The van der Waals surface area contributed by atoms with Gasteiger partial charge in [0, 0.05) is 15.2 Å². The van der Waals surface area contributed by atoms with Gasteiger partial charge in [-0.1, -0.05) is 27.6 Å². The monoisotopic (exact) mass is 428 g/mol.